The number of amidine groups is 1. The molecule has 0 radical (unpaired) electrons. The first-order valence-corrected chi connectivity index (χ1v) is 5.31. The normalized spacial score (nSPS) is 11.3. The second-order valence-corrected chi connectivity index (χ2v) is 3.67. The number of aromatic nitrogens is 2. The highest BCUT2D eigenvalue weighted by Gasteiger charge is 2.07. The highest BCUT2D eigenvalue weighted by atomic mass is 35.5. The van der Waals surface area contributed by atoms with Gasteiger partial charge in [0, 0.05) is 0 Å². The van der Waals surface area contributed by atoms with E-state index in [0.29, 0.717) is 10.8 Å². The molecule has 0 aliphatic rings. The summed E-state index contributed by atoms with van der Waals surface area (Å²) in [6.45, 7) is 0. The fourth-order valence-electron chi connectivity index (χ4n) is 1.21. The molecule has 0 atom stereocenters. The lowest BCUT2D eigenvalue weighted by Gasteiger charge is -2.06. The Morgan fingerprint density at radius 3 is 2.83 bits per heavy atom. The Morgan fingerprint density at radius 2 is 2.11 bits per heavy atom. The fraction of sp³-hybridized carbons (Fsp3) is 0. The molecule has 6 nitrogen and oxygen atoms in total. The van der Waals surface area contributed by atoms with Crippen molar-refractivity contribution in [1.82, 2.24) is 9.97 Å². The van der Waals surface area contributed by atoms with E-state index in [0.717, 1.165) is 0 Å². The predicted octanol–water partition coefficient (Wildman–Crippen LogP) is 2.02. The lowest BCUT2D eigenvalue weighted by atomic mass is 10.3. The maximum atomic E-state index is 8.55. The van der Waals surface area contributed by atoms with Crippen LogP contribution in [0.5, 0.6) is 11.6 Å². The third-order valence-corrected chi connectivity index (χ3v) is 2.35. The Kier molecular flexibility index (Phi) is 3.59. The topological polar surface area (TPSA) is 93.6 Å². The largest absolute Gasteiger partial charge is 0.436 e. The summed E-state index contributed by atoms with van der Waals surface area (Å²) in [5, 5.41) is 11.8. The van der Waals surface area contributed by atoms with Crippen LogP contribution in [0.25, 0.3) is 0 Å². The van der Waals surface area contributed by atoms with Gasteiger partial charge in [-0.2, -0.15) is 0 Å². The van der Waals surface area contributed by atoms with Gasteiger partial charge in [-0.15, -0.1) is 0 Å². The molecule has 1 aromatic carbocycles. The summed E-state index contributed by atoms with van der Waals surface area (Å²) >= 11 is 5.94. The van der Waals surface area contributed by atoms with Crippen molar-refractivity contribution in [2.24, 2.45) is 10.9 Å². The van der Waals surface area contributed by atoms with Gasteiger partial charge in [-0.05, 0) is 12.1 Å². The number of benzene rings is 1. The first-order valence-electron chi connectivity index (χ1n) is 4.93. The van der Waals surface area contributed by atoms with Gasteiger partial charge in [0.25, 0.3) is 0 Å². The zero-order valence-corrected chi connectivity index (χ0v) is 9.87. The molecule has 1 heterocycles. The van der Waals surface area contributed by atoms with Crippen molar-refractivity contribution < 1.29 is 9.94 Å². The molecule has 0 aliphatic heterocycles. The second-order valence-electron chi connectivity index (χ2n) is 3.26. The minimum atomic E-state index is -0.146. The van der Waals surface area contributed by atoms with E-state index in [1.807, 2.05) is 0 Å². The van der Waals surface area contributed by atoms with Gasteiger partial charge in [0.1, 0.15) is 11.4 Å². The van der Waals surface area contributed by atoms with Crippen molar-refractivity contribution in [2.45, 2.75) is 0 Å². The van der Waals surface area contributed by atoms with Crippen molar-refractivity contribution in [2.75, 3.05) is 0 Å². The molecular formula is C11H9ClN4O2. The highest BCUT2D eigenvalue weighted by Crippen LogP contribution is 2.27. The van der Waals surface area contributed by atoms with Crippen molar-refractivity contribution in [3.63, 3.8) is 0 Å². The average Bonchev–Trinajstić information content (AvgIpc) is 2.41. The Labute approximate surface area is 108 Å². The van der Waals surface area contributed by atoms with E-state index in [2.05, 4.69) is 15.1 Å². The molecule has 0 spiro atoms. The summed E-state index contributed by atoms with van der Waals surface area (Å²) in [5.74, 6) is 0.504. The summed E-state index contributed by atoms with van der Waals surface area (Å²) in [4.78, 5) is 7.90. The van der Waals surface area contributed by atoms with Crippen LogP contribution in [0.2, 0.25) is 5.02 Å². The second kappa shape index (κ2) is 5.33. The van der Waals surface area contributed by atoms with Crippen molar-refractivity contribution in [3.05, 3.63) is 47.4 Å². The van der Waals surface area contributed by atoms with Crippen LogP contribution in [-0.4, -0.2) is 21.0 Å². The molecule has 0 saturated heterocycles. The quantitative estimate of drug-likeness (QED) is 0.383. The molecule has 3 N–H and O–H groups in total. The Balaban J connectivity index is 2.28. The third kappa shape index (κ3) is 2.67. The highest BCUT2D eigenvalue weighted by molar-refractivity contribution is 6.32. The van der Waals surface area contributed by atoms with Crippen LogP contribution in [0.3, 0.4) is 0 Å². The summed E-state index contributed by atoms with van der Waals surface area (Å²) in [7, 11) is 0. The zero-order valence-electron chi connectivity index (χ0n) is 9.12. The molecule has 0 fully saturated rings. The molecule has 0 saturated carbocycles. The number of rotatable bonds is 3. The number of hydrogen-bond donors (Lipinski definition) is 2. The predicted molar refractivity (Wildman–Crippen MR) is 66.1 cm³/mol. The molecule has 2 rings (SSSR count). The molecule has 92 valence electrons. The van der Waals surface area contributed by atoms with Crippen LogP contribution in [0.1, 0.15) is 5.69 Å². The maximum absolute atomic E-state index is 8.55. The summed E-state index contributed by atoms with van der Waals surface area (Å²) < 4.78 is 5.45. The van der Waals surface area contributed by atoms with E-state index >= 15 is 0 Å². The number of nitrogens with two attached hydrogens (primary N) is 1. The number of nitrogens with zero attached hydrogens (tertiary/aromatic N) is 3. The first-order chi connectivity index (χ1) is 8.70. The summed E-state index contributed by atoms with van der Waals surface area (Å²) in [5.41, 5.74) is 5.61. The van der Waals surface area contributed by atoms with Gasteiger partial charge in [-0.3, -0.25) is 4.98 Å². The molecule has 1 aromatic heterocycles. The summed E-state index contributed by atoms with van der Waals surface area (Å²) in [6, 6.07) is 6.95. The van der Waals surface area contributed by atoms with E-state index in [1.54, 1.807) is 24.3 Å². The molecule has 0 unspecified atom stereocenters. The van der Waals surface area contributed by atoms with Crippen LogP contribution in [0.4, 0.5) is 0 Å². The molecular weight excluding hydrogens is 256 g/mol. The van der Waals surface area contributed by atoms with E-state index in [9.17, 15) is 0 Å². The van der Waals surface area contributed by atoms with Gasteiger partial charge in [-0.25, -0.2) is 4.98 Å². The monoisotopic (exact) mass is 264 g/mol. The number of oxime groups is 1. The Morgan fingerprint density at radius 1 is 1.33 bits per heavy atom. The van der Waals surface area contributed by atoms with Gasteiger partial charge in [0.05, 0.1) is 17.4 Å². The lowest BCUT2D eigenvalue weighted by molar-refractivity contribution is 0.318. The minimum Gasteiger partial charge on any atom is -0.436 e. The standard InChI is InChI=1S/C11H9ClN4O2/c12-7-3-1-2-4-9(7)18-10-6-14-5-8(15-10)11(13)16-17/h1-6,17H,(H2,13,16). The van der Waals surface area contributed by atoms with Crippen LogP contribution < -0.4 is 10.5 Å². The van der Waals surface area contributed by atoms with E-state index in [4.69, 9.17) is 27.3 Å². The number of hydrogen-bond acceptors (Lipinski definition) is 5. The fourth-order valence-corrected chi connectivity index (χ4v) is 1.39. The van der Waals surface area contributed by atoms with E-state index in [-0.39, 0.29) is 17.4 Å². The maximum Gasteiger partial charge on any atom is 0.238 e. The van der Waals surface area contributed by atoms with Gasteiger partial charge in [-0.1, -0.05) is 28.9 Å². The lowest BCUT2D eigenvalue weighted by Crippen LogP contribution is -2.15. The number of para-hydroxylation sites is 1. The third-order valence-electron chi connectivity index (χ3n) is 2.03. The van der Waals surface area contributed by atoms with Gasteiger partial charge in [0.2, 0.25) is 5.88 Å². The smallest absolute Gasteiger partial charge is 0.238 e. The van der Waals surface area contributed by atoms with E-state index < -0.39 is 0 Å². The Bertz CT molecular complexity index is 589. The van der Waals surface area contributed by atoms with Gasteiger partial charge >= 0.3 is 0 Å². The minimum absolute atomic E-state index is 0.146. The van der Waals surface area contributed by atoms with Crippen molar-refractivity contribution in [1.29, 1.82) is 0 Å². The van der Waals surface area contributed by atoms with Crippen LogP contribution in [-0.2, 0) is 0 Å². The van der Waals surface area contributed by atoms with E-state index in [1.165, 1.54) is 12.4 Å². The Hall–Kier alpha value is -2.34. The van der Waals surface area contributed by atoms with Crippen molar-refractivity contribution in [3.8, 4) is 11.6 Å². The number of halogens is 1. The first kappa shape index (κ1) is 12.1. The average molecular weight is 265 g/mol. The van der Waals surface area contributed by atoms with Gasteiger partial charge < -0.3 is 15.7 Å². The molecule has 2 aromatic rings. The van der Waals surface area contributed by atoms with Crippen molar-refractivity contribution >= 4 is 17.4 Å². The molecule has 18 heavy (non-hydrogen) atoms. The summed E-state index contributed by atoms with van der Waals surface area (Å²) in [6.07, 6.45) is 2.76. The van der Waals surface area contributed by atoms with Crippen LogP contribution in [0, 0.1) is 0 Å². The van der Waals surface area contributed by atoms with Crippen LogP contribution in [0.15, 0.2) is 41.8 Å². The zero-order chi connectivity index (χ0) is 13.0. The molecule has 7 heteroatoms. The van der Waals surface area contributed by atoms with Crippen LogP contribution >= 0.6 is 11.6 Å². The van der Waals surface area contributed by atoms with Gasteiger partial charge in [0.15, 0.2) is 5.84 Å². The molecule has 0 bridgehead atoms. The SMILES string of the molecule is N/C(=N\O)c1cncc(Oc2ccccc2Cl)n1. The number of ether oxygens (including phenoxy) is 1. The molecule has 0 amide bonds. The molecule has 0 aliphatic carbocycles.